The molecular weight excluding hydrogens is 292 g/mol. The molecule has 0 amide bonds. The lowest BCUT2D eigenvalue weighted by Crippen LogP contribution is -1.85. The molecule has 0 saturated carbocycles. The highest BCUT2D eigenvalue weighted by atomic mass is 16.3. The van der Waals surface area contributed by atoms with E-state index in [-0.39, 0.29) is 0 Å². The molecule has 0 radical (unpaired) electrons. The van der Waals surface area contributed by atoms with Crippen LogP contribution in [0.1, 0.15) is 11.1 Å². The number of furan rings is 1. The van der Waals surface area contributed by atoms with Crippen molar-refractivity contribution >= 4 is 27.5 Å². The van der Waals surface area contributed by atoms with Gasteiger partial charge in [-0.3, -0.25) is 0 Å². The fourth-order valence-electron chi connectivity index (χ4n) is 3.14. The fourth-order valence-corrected chi connectivity index (χ4v) is 3.14. The van der Waals surface area contributed by atoms with Crippen molar-refractivity contribution in [1.29, 1.82) is 0 Å². The van der Waals surface area contributed by atoms with Crippen LogP contribution in [0.2, 0.25) is 0 Å². The van der Waals surface area contributed by atoms with Crippen molar-refractivity contribution < 1.29 is 4.42 Å². The summed E-state index contributed by atoms with van der Waals surface area (Å²) in [6.07, 6.45) is 4.94. The third kappa shape index (κ3) is 2.55. The maximum Gasteiger partial charge on any atom is 0.138 e. The van der Waals surface area contributed by atoms with E-state index in [1.165, 1.54) is 21.9 Å². The quantitative estimate of drug-likeness (QED) is 0.398. The topological polar surface area (TPSA) is 13.1 Å². The predicted molar refractivity (Wildman–Crippen MR) is 102 cm³/mol. The smallest absolute Gasteiger partial charge is 0.138 e. The second-order valence-electron chi connectivity index (χ2n) is 5.83. The van der Waals surface area contributed by atoms with Crippen LogP contribution in [0.3, 0.4) is 0 Å². The van der Waals surface area contributed by atoms with E-state index in [9.17, 15) is 0 Å². The van der Waals surface area contributed by atoms with Gasteiger partial charge in [0.25, 0.3) is 0 Å². The van der Waals surface area contributed by atoms with Crippen LogP contribution >= 0.6 is 0 Å². The molecular formula is C23H18O. The first-order valence-electron chi connectivity index (χ1n) is 8.14. The molecule has 1 nitrogen and oxygen atoms in total. The Balaban J connectivity index is 1.77. The van der Waals surface area contributed by atoms with Crippen molar-refractivity contribution in [3.05, 3.63) is 103 Å². The Bertz CT molecular complexity index is 1040. The van der Waals surface area contributed by atoms with Gasteiger partial charge in [0.05, 0.1) is 0 Å². The number of fused-ring (bicyclic) bond motifs is 3. The lowest BCUT2D eigenvalue weighted by Gasteiger charge is -2.03. The van der Waals surface area contributed by atoms with Crippen molar-refractivity contribution in [2.24, 2.45) is 0 Å². The SMILES string of the molecule is C=C/C(=C\Cc1cccc2c1oc1ccccc12)c1ccccc1. The molecule has 4 aromatic rings. The van der Waals surface area contributed by atoms with Crippen LogP contribution < -0.4 is 0 Å². The summed E-state index contributed by atoms with van der Waals surface area (Å²) in [7, 11) is 0. The van der Waals surface area contributed by atoms with Gasteiger partial charge in [0.1, 0.15) is 11.2 Å². The van der Waals surface area contributed by atoms with Gasteiger partial charge in [0.15, 0.2) is 0 Å². The minimum absolute atomic E-state index is 0.813. The number of hydrogen-bond acceptors (Lipinski definition) is 1. The Hall–Kier alpha value is -3.06. The summed E-state index contributed by atoms with van der Waals surface area (Å²) in [6.45, 7) is 3.96. The van der Waals surface area contributed by atoms with E-state index < -0.39 is 0 Å². The van der Waals surface area contributed by atoms with E-state index in [4.69, 9.17) is 4.42 Å². The molecule has 0 saturated heterocycles. The van der Waals surface area contributed by atoms with Gasteiger partial charge in [-0.25, -0.2) is 0 Å². The molecule has 1 heterocycles. The van der Waals surface area contributed by atoms with Gasteiger partial charge in [-0.15, -0.1) is 0 Å². The fraction of sp³-hybridized carbons (Fsp3) is 0.0435. The molecule has 1 heteroatoms. The zero-order chi connectivity index (χ0) is 16.4. The van der Waals surface area contributed by atoms with Crippen molar-refractivity contribution in [3.8, 4) is 0 Å². The first kappa shape index (κ1) is 14.5. The van der Waals surface area contributed by atoms with Gasteiger partial charge >= 0.3 is 0 Å². The van der Waals surface area contributed by atoms with Crippen molar-refractivity contribution in [2.45, 2.75) is 6.42 Å². The maximum absolute atomic E-state index is 6.10. The monoisotopic (exact) mass is 310 g/mol. The number of para-hydroxylation sites is 2. The molecule has 4 rings (SSSR count). The molecule has 0 N–H and O–H groups in total. The molecule has 0 atom stereocenters. The summed E-state index contributed by atoms with van der Waals surface area (Å²) in [5.41, 5.74) is 5.44. The Morgan fingerprint density at radius 1 is 0.833 bits per heavy atom. The molecule has 3 aromatic carbocycles. The minimum Gasteiger partial charge on any atom is -0.456 e. The summed E-state index contributed by atoms with van der Waals surface area (Å²) < 4.78 is 6.10. The van der Waals surface area contributed by atoms with Gasteiger partial charge in [-0.05, 0) is 29.2 Å². The van der Waals surface area contributed by atoms with E-state index >= 15 is 0 Å². The number of hydrogen-bond donors (Lipinski definition) is 0. The molecule has 0 aliphatic carbocycles. The van der Waals surface area contributed by atoms with Crippen LogP contribution in [-0.2, 0) is 6.42 Å². The number of benzene rings is 3. The number of rotatable bonds is 4. The molecule has 24 heavy (non-hydrogen) atoms. The van der Waals surface area contributed by atoms with Gasteiger partial charge in [0.2, 0.25) is 0 Å². The Labute approximate surface area is 141 Å². The lowest BCUT2D eigenvalue weighted by atomic mass is 10.0. The highest BCUT2D eigenvalue weighted by molar-refractivity contribution is 6.05. The Kier molecular flexibility index (Phi) is 3.76. The normalized spacial score (nSPS) is 11.9. The first-order chi connectivity index (χ1) is 11.9. The minimum atomic E-state index is 0.813. The molecule has 0 spiro atoms. The van der Waals surface area contributed by atoms with Crippen LogP contribution in [0.25, 0.3) is 27.5 Å². The summed E-state index contributed by atoms with van der Waals surface area (Å²) in [6, 6.07) is 24.9. The van der Waals surface area contributed by atoms with E-state index in [0.717, 1.165) is 23.2 Å². The summed E-state index contributed by atoms with van der Waals surface area (Å²) in [4.78, 5) is 0. The van der Waals surface area contributed by atoms with Gasteiger partial charge in [0, 0.05) is 10.8 Å². The molecule has 0 unspecified atom stereocenters. The summed E-state index contributed by atoms with van der Waals surface area (Å²) >= 11 is 0. The maximum atomic E-state index is 6.10. The lowest BCUT2D eigenvalue weighted by molar-refractivity contribution is 0.664. The highest BCUT2D eigenvalue weighted by Crippen LogP contribution is 2.31. The predicted octanol–water partition coefficient (Wildman–Crippen LogP) is 6.40. The molecule has 0 fully saturated rings. The largest absolute Gasteiger partial charge is 0.456 e. The zero-order valence-electron chi connectivity index (χ0n) is 13.4. The van der Waals surface area contributed by atoms with Crippen LogP contribution in [0.15, 0.2) is 95.9 Å². The summed E-state index contributed by atoms with van der Waals surface area (Å²) in [5, 5.41) is 2.35. The average Bonchev–Trinajstić information content (AvgIpc) is 3.03. The van der Waals surface area contributed by atoms with E-state index in [1.54, 1.807) is 0 Å². The second kappa shape index (κ2) is 6.21. The van der Waals surface area contributed by atoms with Gasteiger partial charge < -0.3 is 4.42 Å². The van der Waals surface area contributed by atoms with Crippen LogP contribution in [0, 0.1) is 0 Å². The standard InChI is InChI=1S/C23H18O/c1-2-17(18-9-4-3-5-10-18)15-16-19-11-8-13-21-20-12-6-7-14-22(20)24-23(19)21/h2-15H,1,16H2/b17-15+. The van der Waals surface area contributed by atoms with Crippen molar-refractivity contribution in [1.82, 2.24) is 0 Å². The van der Waals surface area contributed by atoms with Crippen molar-refractivity contribution in [3.63, 3.8) is 0 Å². The van der Waals surface area contributed by atoms with Crippen molar-refractivity contribution in [2.75, 3.05) is 0 Å². The molecule has 1 aromatic heterocycles. The van der Waals surface area contributed by atoms with E-state index in [1.807, 2.05) is 36.4 Å². The molecule has 116 valence electrons. The third-order valence-electron chi connectivity index (χ3n) is 4.35. The van der Waals surface area contributed by atoms with E-state index in [2.05, 4.69) is 55.1 Å². The zero-order valence-corrected chi connectivity index (χ0v) is 13.4. The first-order valence-corrected chi connectivity index (χ1v) is 8.14. The molecule has 0 aliphatic rings. The highest BCUT2D eigenvalue weighted by Gasteiger charge is 2.09. The van der Waals surface area contributed by atoms with Gasteiger partial charge in [-0.1, -0.05) is 85.5 Å². The third-order valence-corrected chi connectivity index (χ3v) is 4.35. The molecule has 0 bridgehead atoms. The van der Waals surface area contributed by atoms with E-state index in [0.29, 0.717) is 0 Å². The van der Waals surface area contributed by atoms with Crippen LogP contribution in [-0.4, -0.2) is 0 Å². The van der Waals surface area contributed by atoms with Gasteiger partial charge in [-0.2, -0.15) is 0 Å². The Morgan fingerprint density at radius 2 is 1.58 bits per heavy atom. The van der Waals surface area contributed by atoms with Crippen LogP contribution in [0.5, 0.6) is 0 Å². The number of allylic oxidation sites excluding steroid dienone is 3. The van der Waals surface area contributed by atoms with Crippen LogP contribution in [0.4, 0.5) is 0 Å². The second-order valence-corrected chi connectivity index (χ2v) is 5.83. The average molecular weight is 310 g/mol. The Morgan fingerprint density at radius 3 is 2.42 bits per heavy atom. The molecule has 0 aliphatic heterocycles. The summed E-state index contributed by atoms with van der Waals surface area (Å²) in [5.74, 6) is 0.